The van der Waals surface area contributed by atoms with Crippen molar-refractivity contribution in [2.45, 2.75) is 0 Å². The number of aromatic nitrogens is 3. The van der Waals surface area contributed by atoms with Gasteiger partial charge in [-0.3, -0.25) is 0 Å². The van der Waals surface area contributed by atoms with Crippen molar-refractivity contribution in [2.75, 3.05) is 0 Å². The van der Waals surface area contributed by atoms with Crippen molar-refractivity contribution in [1.29, 1.82) is 0 Å². The fourth-order valence-electron chi connectivity index (χ4n) is 8.54. The quantitative estimate of drug-likeness (QED) is 0.176. The zero-order valence-corrected chi connectivity index (χ0v) is 31.4. The molecule has 0 amide bonds. The van der Waals surface area contributed by atoms with Gasteiger partial charge in [0.25, 0.3) is 0 Å². The minimum Gasteiger partial charge on any atom is -0.456 e. The number of hydrogen-bond acceptors (Lipinski definition) is 4. The van der Waals surface area contributed by atoms with Gasteiger partial charge in [0.15, 0.2) is 5.82 Å². The van der Waals surface area contributed by atoms with Crippen LogP contribution in [0, 0.1) is 0 Å². The number of hydrogen-bond donors (Lipinski definition) is 0. The molecule has 0 atom stereocenters. The van der Waals surface area contributed by atoms with Gasteiger partial charge in [-0.25, -0.2) is 9.97 Å². The van der Waals surface area contributed by atoms with E-state index >= 15 is 0 Å². The monoisotopic (exact) mass is 745 g/mol. The molecule has 4 nitrogen and oxygen atoms in total. The molecular formula is C52H31N3OS. The van der Waals surface area contributed by atoms with Gasteiger partial charge in [0, 0.05) is 64.1 Å². The Bertz CT molecular complexity index is 3510. The number of para-hydroxylation sites is 2. The Morgan fingerprint density at radius 1 is 0.386 bits per heavy atom. The number of fused-ring (bicyclic) bond motifs is 10. The Labute approximate surface area is 331 Å². The largest absolute Gasteiger partial charge is 0.456 e. The Kier molecular flexibility index (Phi) is 7.06. The molecule has 4 heterocycles. The average Bonchev–Trinajstić information content (AvgIpc) is 3.95. The highest BCUT2D eigenvalue weighted by molar-refractivity contribution is 7.26. The number of thiophene rings is 1. The maximum Gasteiger partial charge on any atom is 0.160 e. The molecule has 12 aromatic rings. The highest BCUT2D eigenvalue weighted by atomic mass is 32.1. The first kappa shape index (κ1) is 32.0. The lowest BCUT2D eigenvalue weighted by Crippen LogP contribution is -1.97. The Hall–Kier alpha value is -7.34. The first-order valence-electron chi connectivity index (χ1n) is 19.1. The van der Waals surface area contributed by atoms with Crippen LogP contribution in [0.3, 0.4) is 0 Å². The fraction of sp³-hybridized carbons (Fsp3) is 0. The van der Waals surface area contributed by atoms with E-state index in [1.165, 1.54) is 42.0 Å². The van der Waals surface area contributed by atoms with Crippen LogP contribution >= 0.6 is 11.3 Å². The third-order valence-electron chi connectivity index (χ3n) is 11.2. The van der Waals surface area contributed by atoms with Gasteiger partial charge in [-0.15, -0.1) is 11.3 Å². The highest BCUT2D eigenvalue weighted by Crippen LogP contribution is 2.43. The Morgan fingerprint density at radius 3 is 1.86 bits per heavy atom. The van der Waals surface area contributed by atoms with Crippen LogP contribution in [0.4, 0.5) is 0 Å². The summed E-state index contributed by atoms with van der Waals surface area (Å²) < 4.78 is 11.4. The molecule has 0 radical (unpaired) electrons. The third kappa shape index (κ3) is 5.13. The number of nitrogens with zero attached hydrogens (tertiary/aromatic N) is 3. The summed E-state index contributed by atoms with van der Waals surface area (Å²) in [5.74, 6) is 0.664. The van der Waals surface area contributed by atoms with Crippen molar-refractivity contribution in [2.24, 2.45) is 0 Å². The zero-order valence-electron chi connectivity index (χ0n) is 30.6. The average molecular weight is 746 g/mol. The SMILES string of the molecule is c1ccc(-c2ccc(-c3cc(-c4ccc5c6ccccc6n(-c6ccccc6)c5c4)nc(-c4ccc5oc6ccc7sc8ccccc8c7c6c5c4)n3)cc2)cc1. The molecule has 0 unspecified atom stereocenters. The molecule has 0 aliphatic carbocycles. The maximum absolute atomic E-state index is 6.48. The minimum atomic E-state index is 0.664. The summed E-state index contributed by atoms with van der Waals surface area (Å²) >= 11 is 1.82. The standard InChI is InChI=1S/C52H31N3OS/c1-3-11-32(12-4-1)33-19-21-34(22-20-33)42-31-43(35-23-25-39-38-15-7-9-17-44(38)55(45(39)30-35)37-13-5-2-6-14-37)54-52(53-42)36-24-26-46-41(29-36)50-47(56-46)27-28-49-51(50)40-16-8-10-18-48(40)57-49/h1-31H. The molecule has 0 spiro atoms. The molecule has 0 fully saturated rings. The van der Waals surface area contributed by atoms with Crippen LogP contribution in [0.25, 0.3) is 115 Å². The molecule has 0 saturated carbocycles. The zero-order chi connectivity index (χ0) is 37.5. The summed E-state index contributed by atoms with van der Waals surface area (Å²) in [6.07, 6.45) is 0. The summed E-state index contributed by atoms with van der Waals surface area (Å²) in [6, 6.07) is 66.5. The van der Waals surface area contributed by atoms with E-state index in [4.69, 9.17) is 14.4 Å². The summed E-state index contributed by atoms with van der Waals surface area (Å²) in [5.41, 5.74) is 12.2. The van der Waals surface area contributed by atoms with Crippen molar-refractivity contribution in [3.05, 3.63) is 188 Å². The molecule has 0 bridgehead atoms. The van der Waals surface area contributed by atoms with Crippen LogP contribution in [0.15, 0.2) is 192 Å². The second-order valence-corrected chi connectivity index (χ2v) is 15.6. The Morgan fingerprint density at radius 2 is 1.02 bits per heavy atom. The molecule has 4 aromatic heterocycles. The van der Waals surface area contributed by atoms with Crippen molar-refractivity contribution in [1.82, 2.24) is 14.5 Å². The van der Waals surface area contributed by atoms with Crippen LogP contribution in [-0.2, 0) is 0 Å². The smallest absolute Gasteiger partial charge is 0.160 e. The lowest BCUT2D eigenvalue weighted by molar-refractivity contribution is 0.669. The molecule has 57 heavy (non-hydrogen) atoms. The van der Waals surface area contributed by atoms with E-state index in [0.717, 1.165) is 66.8 Å². The third-order valence-corrected chi connectivity index (χ3v) is 12.4. The minimum absolute atomic E-state index is 0.664. The Balaban J connectivity index is 1.08. The topological polar surface area (TPSA) is 43.9 Å². The van der Waals surface area contributed by atoms with Crippen molar-refractivity contribution in [3.63, 3.8) is 0 Å². The van der Waals surface area contributed by atoms with Gasteiger partial charge in [0.1, 0.15) is 11.2 Å². The molecule has 0 aliphatic rings. The lowest BCUT2D eigenvalue weighted by atomic mass is 10.0. The predicted molar refractivity (Wildman–Crippen MR) is 238 cm³/mol. The van der Waals surface area contributed by atoms with Gasteiger partial charge in [-0.05, 0) is 77.9 Å². The number of furan rings is 1. The second kappa shape index (κ2) is 12.6. The molecule has 0 N–H and O–H groups in total. The molecular weight excluding hydrogens is 715 g/mol. The summed E-state index contributed by atoms with van der Waals surface area (Å²) in [5, 5.41) is 7.11. The first-order chi connectivity index (χ1) is 28.2. The van der Waals surface area contributed by atoms with E-state index in [1.54, 1.807) is 0 Å². The summed E-state index contributed by atoms with van der Waals surface area (Å²) in [6.45, 7) is 0. The van der Waals surface area contributed by atoms with Crippen LogP contribution in [0.2, 0.25) is 0 Å². The van der Waals surface area contributed by atoms with Crippen LogP contribution in [-0.4, -0.2) is 14.5 Å². The lowest BCUT2D eigenvalue weighted by Gasteiger charge is -2.12. The van der Waals surface area contributed by atoms with Crippen molar-refractivity contribution >= 4 is 75.3 Å². The first-order valence-corrected chi connectivity index (χ1v) is 20.0. The van der Waals surface area contributed by atoms with E-state index in [0.29, 0.717) is 5.82 Å². The van der Waals surface area contributed by atoms with E-state index in [-0.39, 0.29) is 0 Å². The normalized spacial score (nSPS) is 11.9. The van der Waals surface area contributed by atoms with Gasteiger partial charge in [-0.1, -0.05) is 121 Å². The van der Waals surface area contributed by atoms with Gasteiger partial charge < -0.3 is 8.98 Å². The van der Waals surface area contributed by atoms with Crippen LogP contribution in [0.1, 0.15) is 0 Å². The van der Waals surface area contributed by atoms with E-state index in [1.807, 2.05) is 17.4 Å². The molecule has 5 heteroatoms. The number of rotatable bonds is 5. The van der Waals surface area contributed by atoms with Crippen LogP contribution < -0.4 is 0 Å². The van der Waals surface area contributed by atoms with Gasteiger partial charge >= 0.3 is 0 Å². The van der Waals surface area contributed by atoms with E-state index in [9.17, 15) is 0 Å². The predicted octanol–water partition coefficient (Wildman–Crippen LogP) is 14.5. The van der Waals surface area contributed by atoms with Crippen LogP contribution in [0.5, 0.6) is 0 Å². The number of benzene rings is 8. The summed E-state index contributed by atoms with van der Waals surface area (Å²) in [4.78, 5) is 10.6. The van der Waals surface area contributed by atoms with E-state index in [2.05, 4.69) is 187 Å². The second-order valence-electron chi connectivity index (χ2n) is 14.5. The molecule has 0 saturated heterocycles. The van der Waals surface area contributed by atoms with Crippen molar-refractivity contribution < 1.29 is 4.42 Å². The maximum atomic E-state index is 6.48. The molecule has 8 aromatic carbocycles. The fourth-order valence-corrected chi connectivity index (χ4v) is 9.66. The molecule has 0 aliphatic heterocycles. The van der Waals surface area contributed by atoms with Gasteiger partial charge in [0.2, 0.25) is 0 Å². The molecule has 266 valence electrons. The molecule has 12 rings (SSSR count). The summed E-state index contributed by atoms with van der Waals surface area (Å²) in [7, 11) is 0. The highest BCUT2D eigenvalue weighted by Gasteiger charge is 2.19. The van der Waals surface area contributed by atoms with Crippen molar-refractivity contribution in [3.8, 4) is 50.7 Å². The van der Waals surface area contributed by atoms with E-state index < -0.39 is 0 Å². The van der Waals surface area contributed by atoms with Gasteiger partial charge in [-0.2, -0.15) is 0 Å². The van der Waals surface area contributed by atoms with Gasteiger partial charge in [0.05, 0.1) is 22.4 Å².